The molecule has 1 amide bonds. The molecule has 0 radical (unpaired) electrons. The van der Waals surface area contributed by atoms with E-state index in [1.807, 2.05) is 36.4 Å². The number of nitrogens with zero attached hydrogens (tertiary/aromatic N) is 3. The van der Waals surface area contributed by atoms with E-state index in [-0.39, 0.29) is 5.91 Å². The van der Waals surface area contributed by atoms with Crippen LogP contribution in [-0.4, -0.2) is 35.9 Å². The Bertz CT molecular complexity index is 698. The molecule has 1 aromatic carbocycles. The standard InChI is InChI=1S/C18H20ClN3O/c1-21(13-14-7-2-3-9-16(14)19)18(23)15-8-6-10-20-17(15)22-11-4-5-12-22/h2-3,6-10H,4-5,11-13H2,1H3. The van der Waals surface area contributed by atoms with Gasteiger partial charge in [0.2, 0.25) is 0 Å². The van der Waals surface area contributed by atoms with Gasteiger partial charge < -0.3 is 9.80 Å². The highest BCUT2D eigenvalue weighted by molar-refractivity contribution is 6.31. The first-order valence-electron chi connectivity index (χ1n) is 7.85. The molecule has 120 valence electrons. The average molecular weight is 330 g/mol. The van der Waals surface area contributed by atoms with E-state index in [4.69, 9.17) is 11.6 Å². The van der Waals surface area contributed by atoms with Crippen LogP contribution >= 0.6 is 11.6 Å². The van der Waals surface area contributed by atoms with Crippen LogP contribution in [0.4, 0.5) is 5.82 Å². The zero-order valence-electron chi connectivity index (χ0n) is 13.2. The molecule has 5 heteroatoms. The molecule has 1 aromatic heterocycles. The minimum absolute atomic E-state index is 0.0279. The zero-order chi connectivity index (χ0) is 16.2. The number of benzene rings is 1. The lowest BCUT2D eigenvalue weighted by molar-refractivity contribution is 0.0785. The van der Waals surface area contributed by atoms with Crippen molar-refractivity contribution in [3.63, 3.8) is 0 Å². The first kappa shape index (κ1) is 15.8. The Morgan fingerprint density at radius 2 is 1.96 bits per heavy atom. The SMILES string of the molecule is CN(Cc1ccccc1Cl)C(=O)c1cccnc1N1CCCC1. The van der Waals surface area contributed by atoms with Gasteiger partial charge in [0.15, 0.2) is 0 Å². The van der Waals surface area contributed by atoms with Crippen LogP contribution in [0, 0.1) is 0 Å². The molecule has 1 aliphatic rings. The number of hydrogen-bond acceptors (Lipinski definition) is 3. The number of carbonyl (C=O) groups excluding carboxylic acids is 1. The highest BCUT2D eigenvalue weighted by Crippen LogP contribution is 2.24. The normalized spacial score (nSPS) is 14.1. The molecule has 0 spiro atoms. The molecule has 1 aliphatic heterocycles. The van der Waals surface area contributed by atoms with Gasteiger partial charge in [-0.05, 0) is 36.6 Å². The second-order valence-electron chi connectivity index (χ2n) is 5.82. The van der Waals surface area contributed by atoms with Crippen molar-refractivity contribution in [2.75, 3.05) is 25.0 Å². The van der Waals surface area contributed by atoms with Gasteiger partial charge >= 0.3 is 0 Å². The van der Waals surface area contributed by atoms with Crippen molar-refractivity contribution in [2.45, 2.75) is 19.4 Å². The summed E-state index contributed by atoms with van der Waals surface area (Å²) in [7, 11) is 1.80. The van der Waals surface area contributed by atoms with Crippen LogP contribution in [0.5, 0.6) is 0 Å². The summed E-state index contributed by atoms with van der Waals surface area (Å²) in [6, 6.07) is 11.3. The fourth-order valence-corrected chi connectivity index (χ4v) is 3.10. The molecular weight excluding hydrogens is 310 g/mol. The van der Waals surface area contributed by atoms with Crippen molar-refractivity contribution < 1.29 is 4.79 Å². The largest absolute Gasteiger partial charge is 0.356 e. The summed E-state index contributed by atoms with van der Waals surface area (Å²) >= 11 is 6.20. The highest BCUT2D eigenvalue weighted by atomic mass is 35.5. The van der Waals surface area contributed by atoms with Crippen molar-refractivity contribution in [3.05, 3.63) is 58.7 Å². The maximum Gasteiger partial charge on any atom is 0.257 e. The molecule has 23 heavy (non-hydrogen) atoms. The van der Waals surface area contributed by atoms with Crippen molar-refractivity contribution in [2.24, 2.45) is 0 Å². The van der Waals surface area contributed by atoms with Gasteiger partial charge in [-0.1, -0.05) is 29.8 Å². The van der Waals surface area contributed by atoms with Crippen LogP contribution in [0.3, 0.4) is 0 Å². The molecule has 3 rings (SSSR count). The Hall–Kier alpha value is -2.07. The number of pyridine rings is 1. The molecule has 2 heterocycles. The molecule has 0 aliphatic carbocycles. The zero-order valence-corrected chi connectivity index (χ0v) is 14.0. The fourth-order valence-electron chi connectivity index (χ4n) is 2.90. The maximum atomic E-state index is 12.9. The predicted octanol–water partition coefficient (Wildman–Crippen LogP) is 3.61. The molecule has 1 fully saturated rings. The number of aromatic nitrogens is 1. The number of hydrogen-bond donors (Lipinski definition) is 0. The Morgan fingerprint density at radius 3 is 2.70 bits per heavy atom. The molecule has 0 N–H and O–H groups in total. The summed E-state index contributed by atoms with van der Waals surface area (Å²) < 4.78 is 0. The predicted molar refractivity (Wildman–Crippen MR) is 92.9 cm³/mol. The van der Waals surface area contributed by atoms with Gasteiger partial charge in [0.25, 0.3) is 5.91 Å². The number of amides is 1. The molecule has 1 saturated heterocycles. The first-order chi connectivity index (χ1) is 11.2. The Labute approximate surface area is 141 Å². The summed E-state index contributed by atoms with van der Waals surface area (Å²) in [6.45, 7) is 2.41. The summed E-state index contributed by atoms with van der Waals surface area (Å²) in [6.07, 6.45) is 4.05. The fraction of sp³-hybridized carbons (Fsp3) is 0.333. The summed E-state index contributed by atoms with van der Waals surface area (Å²) in [5, 5.41) is 0.679. The van der Waals surface area contributed by atoms with Gasteiger partial charge in [0.1, 0.15) is 5.82 Å². The minimum atomic E-state index is -0.0279. The van der Waals surface area contributed by atoms with Gasteiger partial charge in [-0.2, -0.15) is 0 Å². The first-order valence-corrected chi connectivity index (χ1v) is 8.23. The third kappa shape index (κ3) is 3.48. The van der Waals surface area contributed by atoms with Crippen molar-refractivity contribution in [1.29, 1.82) is 0 Å². The molecule has 0 atom stereocenters. The van der Waals surface area contributed by atoms with Crippen molar-refractivity contribution >= 4 is 23.3 Å². The second-order valence-corrected chi connectivity index (χ2v) is 6.23. The Kier molecular flexibility index (Phi) is 4.82. The van der Waals surface area contributed by atoms with E-state index in [1.54, 1.807) is 18.1 Å². The maximum absolute atomic E-state index is 12.9. The molecule has 0 saturated carbocycles. The van der Waals surface area contributed by atoms with E-state index >= 15 is 0 Å². The van der Waals surface area contributed by atoms with E-state index in [0.29, 0.717) is 17.1 Å². The van der Waals surface area contributed by atoms with E-state index < -0.39 is 0 Å². The van der Waals surface area contributed by atoms with Gasteiger partial charge in [-0.25, -0.2) is 4.98 Å². The number of carbonyl (C=O) groups is 1. The number of rotatable bonds is 4. The molecule has 0 unspecified atom stereocenters. The second kappa shape index (κ2) is 7.01. The summed E-state index contributed by atoms with van der Waals surface area (Å²) in [5.41, 5.74) is 1.60. The molecule has 4 nitrogen and oxygen atoms in total. The quantitative estimate of drug-likeness (QED) is 0.859. The van der Waals surface area contributed by atoms with Crippen molar-refractivity contribution in [1.82, 2.24) is 9.88 Å². The van der Waals surface area contributed by atoms with Gasteiger partial charge in [-0.15, -0.1) is 0 Å². The molecular formula is C18H20ClN3O. The summed E-state index contributed by atoms with van der Waals surface area (Å²) in [4.78, 5) is 21.2. The summed E-state index contributed by atoms with van der Waals surface area (Å²) in [5.74, 6) is 0.765. The van der Waals surface area contributed by atoms with Gasteiger partial charge in [-0.3, -0.25) is 4.79 Å². The minimum Gasteiger partial charge on any atom is -0.356 e. The van der Waals surface area contributed by atoms with Crippen LogP contribution in [0.15, 0.2) is 42.6 Å². The highest BCUT2D eigenvalue weighted by Gasteiger charge is 2.22. The molecule has 0 bridgehead atoms. The van der Waals surface area contributed by atoms with Gasteiger partial charge in [0.05, 0.1) is 5.56 Å². The monoisotopic (exact) mass is 329 g/mol. The van der Waals surface area contributed by atoms with E-state index in [1.165, 1.54) is 0 Å². The topological polar surface area (TPSA) is 36.4 Å². The lowest BCUT2D eigenvalue weighted by Gasteiger charge is -2.23. The van der Waals surface area contributed by atoms with Crippen LogP contribution in [0.1, 0.15) is 28.8 Å². The lowest BCUT2D eigenvalue weighted by Crippen LogP contribution is -2.29. The van der Waals surface area contributed by atoms with E-state index in [2.05, 4.69) is 9.88 Å². The van der Waals surface area contributed by atoms with Crippen molar-refractivity contribution in [3.8, 4) is 0 Å². The Balaban J connectivity index is 1.81. The number of halogens is 1. The lowest BCUT2D eigenvalue weighted by atomic mass is 10.1. The Morgan fingerprint density at radius 1 is 1.22 bits per heavy atom. The smallest absolute Gasteiger partial charge is 0.257 e. The van der Waals surface area contributed by atoms with Crippen LogP contribution in [-0.2, 0) is 6.54 Å². The average Bonchev–Trinajstić information content (AvgIpc) is 3.10. The van der Waals surface area contributed by atoms with Crippen LogP contribution in [0.2, 0.25) is 5.02 Å². The van der Waals surface area contributed by atoms with Crippen LogP contribution < -0.4 is 4.90 Å². The third-order valence-electron chi connectivity index (χ3n) is 4.13. The van der Waals surface area contributed by atoms with Crippen LogP contribution in [0.25, 0.3) is 0 Å². The van der Waals surface area contributed by atoms with E-state index in [9.17, 15) is 4.79 Å². The van der Waals surface area contributed by atoms with Gasteiger partial charge in [0, 0.05) is 37.9 Å². The molecule has 2 aromatic rings. The number of anilines is 1. The van der Waals surface area contributed by atoms with E-state index in [0.717, 1.165) is 37.3 Å². The third-order valence-corrected chi connectivity index (χ3v) is 4.50.